The number of rotatable bonds is 4. The fourth-order valence-corrected chi connectivity index (χ4v) is 3.05. The summed E-state index contributed by atoms with van der Waals surface area (Å²) in [7, 11) is 0. The second-order valence-electron chi connectivity index (χ2n) is 5.51. The summed E-state index contributed by atoms with van der Waals surface area (Å²) in [5.74, 6) is -0.987. The molecule has 27 heavy (non-hydrogen) atoms. The van der Waals surface area contributed by atoms with Gasteiger partial charge in [0.15, 0.2) is 5.69 Å². The number of aromatic nitrogens is 2. The Balaban J connectivity index is 1.70. The number of anilines is 2. The number of furan rings is 1. The van der Waals surface area contributed by atoms with E-state index in [4.69, 9.17) is 16.0 Å². The molecule has 2 aromatic carbocycles. The van der Waals surface area contributed by atoms with Crippen molar-refractivity contribution in [2.24, 2.45) is 0 Å². The number of nitrogens with one attached hydrogen (secondary N) is 2. The molecule has 2 heterocycles. The van der Waals surface area contributed by atoms with Gasteiger partial charge in [-0.15, -0.1) is 5.10 Å². The van der Waals surface area contributed by atoms with E-state index >= 15 is 0 Å². The SMILES string of the molecule is O=C(Nc1c(C(=O)Nc2ccc(Cl)cc2)oc2ccccc12)c1csnn1. The Morgan fingerprint density at radius 3 is 2.52 bits per heavy atom. The molecule has 0 saturated heterocycles. The van der Waals surface area contributed by atoms with Crippen molar-refractivity contribution in [3.8, 4) is 0 Å². The van der Waals surface area contributed by atoms with Crippen molar-refractivity contribution in [3.05, 3.63) is 70.4 Å². The number of hydrogen-bond donors (Lipinski definition) is 2. The Morgan fingerprint density at radius 1 is 1.00 bits per heavy atom. The van der Waals surface area contributed by atoms with E-state index in [1.807, 2.05) is 0 Å². The molecule has 0 aliphatic heterocycles. The largest absolute Gasteiger partial charge is 0.449 e. The van der Waals surface area contributed by atoms with Crippen molar-refractivity contribution in [2.75, 3.05) is 10.6 Å². The molecule has 0 bridgehead atoms. The number of halogens is 1. The van der Waals surface area contributed by atoms with E-state index in [1.54, 1.807) is 48.5 Å². The third-order valence-corrected chi connectivity index (χ3v) is 4.49. The minimum absolute atomic E-state index is 0.0114. The summed E-state index contributed by atoms with van der Waals surface area (Å²) in [6.45, 7) is 0. The van der Waals surface area contributed by atoms with E-state index in [1.165, 1.54) is 5.38 Å². The van der Waals surface area contributed by atoms with Crippen LogP contribution in [0.4, 0.5) is 11.4 Å². The van der Waals surface area contributed by atoms with Crippen LogP contribution in [-0.4, -0.2) is 21.4 Å². The number of para-hydroxylation sites is 1. The first-order valence-corrected chi connectivity index (χ1v) is 9.00. The molecular formula is C18H11ClN4O3S. The van der Waals surface area contributed by atoms with Gasteiger partial charge in [-0.25, -0.2) is 0 Å². The highest BCUT2D eigenvalue weighted by Crippen LogP contribution is 2.32. The second-order valence-corrected chi connectivity index (χ2v) is 6.55. The minimum atomic E-state index is -0.500. The minimum Gasteiger partial charge on any atom is -0.449 e. The van der Waals surface area contributed by atoms with E-state index in [2.05, 4.69) is 20.2 Å². The van der Waals surface area contributed by atoms with Crippen LogP contribution in [0, 0.1) is 0 Å². The number of fused-ring (bicyclic) bond motifs is 1. The maximum atomic E-state index is 12.7. The summed E-state index contributed by atoms with van der Waals surface area (Å²) in [6, 6.07) is 13.7. The topological polar surface area (TPSA) is 97.1 Å². The first kappa shape index (κ1) is 17.2. The summed E-state index contributed by atoms with van der Waals surface area (Å²) in [5, 5.41) is 11.9. The second kappa shape index (κ2) is 7.18. The molecule has 0 aliphatic rings. The van der Waals surface area contributed by atoms with Crippen LogP contribution in [0.5, 0.6) is 0 Å². The van der Waals surface area contributed by atoms with Gasteiger partial charge in [-0.1, -0.05) is 28.2 Å². The smallest absolute Gasteiger partial charge is 0.293 e. The van der Waals surface area contributed by atoms with E-state index < -0.39 is 11.8 Å². The van der Waals surface area contributed by atoms with Gasteiger partial charge in [0.05, 0.1) is 0 Å². The van der Waals surface area contributed by atoms with Gasteiger partial charge in [0.25, 0.3) is 11.8 Å². The maximum Gasteiger partial charge on any atom is 0.293 e. The normalized spacial score (nSPS) is 10.7. The van der Waals surface area contributed by atoms with Crippen molar-refractivity contribution >= 4 is 57.3 Å². The number of amides is 2. The Bertz CT molecular complexity index is 1120. The average molecular weight is 399 g/mol. The van der Waals surface area contributed by atoms with Gasteiger partial charge in [-0.2, -0.15) is 0 Å². The van der Waals surface area contributed by atoms with Gasteiger partial charge in [-0.05, 0) is 47.9 Å². The first-order chi connectivity index (χ1) is 13.1. The predicted molar refractivity (Wildman–Crippen MR) is 103 cm³/mol. The van der Waals surface area contributed by atoms with Crippen LogP contribution < -0.4 is 10.6 Å². The highest BCUT2D eigenvalue weighted by atomic mass is 35.5. The monoisotopic (exact) mass is 398 g/mol. The van der Waals surface area contributed by atoms with E-state index in [9.17, 15) is 9.59 Å². The van der Waals surface area contributed by atoms with Gasteiger partial charge in [0.1, 0.15) is 11.3 Å². The zero-order valence-corrected chi connectivity index (χ0v) is 15.2. The third kappa shape index (κ3) is 3.53. The molecule has 9 heteroatoms. The van der Waals surface area contributed by atoms with Crippen molar-refractivity contribution in [1.29, 1.82) is 0 Å². The lowest BCUT2D eigenvalue weighted by atomic mass is 10.2. The number of carbonyl (C=O) groups excluding carboxylic acids is 2. The summed E-state index contributed by atoms with van der Waals surface area (Å²) in [5.41, 5.74) is 1.46. The van der Waals surface area contributed by atoms with Crippen molar-refractivity contribution < 1.29 is 14.0 Å². The van der Waals surface area contributed by atoms with Gasteiger partial charge in [-0.3, -0.25) is 9.59 Å². The van der Waals surface area contributed by atoms with Gasteiger partial charge < -0.3 is 15.1 Å². The maximum absolute atomic E-state index is 12.7. The van der Waals surface area contributed by atoms with Crippen molar-refractivity contribution in [3.63, 3.8) is 0 Å². The van der Waals surface area contributed by atoms with Crippen LogP contribution in [0.15, 0.2) is 58.3 Å². The lowest BCUT2D eigenvalue weighted by molar-refractivity contribution is 0.0999. The van der Waals surface area contributed by atoms with Crippen LogP contribution in [0.2, 0.25) is 5.02 Å². The molecule has 0 radical (unpaired) electrons. The molecule has 134 valence electrons. The number of nitrogens with zero attached hydrogens (tertiary/aromatic N) is 2. The zero-order chi connectivity index (χ0) is 18.8. The molecule has 2 amide bonds. The van der Waals surface area contributed by atoms with Gasteiger partial charge >= 0.3 is 0 Å². The summed E-state index contributed by atoms with van der Waals surface area (Å²) in [6.07, 6.45) is 0. The lowest BCUT2D eigenvalue weighted by Gasteiger charge is -2.06. The molecule has 0 saturated carbocycles. The molecule has 0 spiro atoms. The fourth-order valence-electron chi connectivity index (χ4n) is 2.49. The average Bonchev–Trinajstić information content (AvgIpc) is 3.32. The number of carbonyl (C=O) groups is 2. The molecule has 0 fully saturated rings. The van der Waals surface area contributed by atoms with E-state index in [-0.39, 0.29) is 17.1 Å². The Kier molecular flexibility index (Phi) is 4.57. The summed E-state index contributed by atoms with van der Waals surface area (Å²) in [4.78, 5) is 25.1. The molecule has 4 aromatic rings. The predicted octanol–water partition coefficient (Wildman–Crippen LogP) is 4.44. The molecule has 0 atom stereocenters. The molecule has 0 unspecified atom stereocenters. The lowest BCUT2D eigenvalue weighted by Crippen LogP contribution is -2.17. The standard InChI is InChI=1S/C18H11ClN4O3S/c19-10-5-7-11(8-6-10)20-18(25)16-15(12-3-1-2-4-14(12)26-16)21-17(24)13-9-27-23-22-13/h1-9H,(H,20,25)(H,21,24). The zero-order valence-electron chi connectivity index (χ0n) is 13.6. The molecule has 2 aromatic heterocycles. The Hall–Kier alpha value is -3.23. The highest BCUT2D eigenvalue weighted by Gasteiger charge is 2.23. The van der Waals surface area contributed by atoms with Crippen LogP contribution in [-0.2, 0) is 0 Å². The summed E-state index contributed by atoms with van der Waals surface area (Å²) < 4.78 is 9.36. The molecule has 7 nitrogen and oxygen atoms in total. The van der Waals surface area contributed by atoms with E-state index in [0.717, 1.165) is 11.5 Å². The fraction of sp³-hybridized carbons (Fsp3) is 0. The molecule has 4 rings (SSSR count). The quantitative estimate of drug-likeness (QED) is 0.529. The van der Waals surface area contributed by atoms with Crippen LogP contribution in [0.25, 0.3) is 11.0 Å². The van der Waals surface area contributed by atoms with Crippen molar-refractivity contribution in [1.82, 2.24) is 9.59 Å². The third-order valence-electron chi connectivity index (χ3n) is 3.74. The number of hydrogen-bond acceptors (Lipinski definition) is 6. The molecule has 0 aliphatic carbocycles. The van der Waals surface area contributed by atoms with Crippen LogP contribution in [0.3, 0.4) is 0 Å². The highest BCUT2D eigenvalue weighted by molar-refractivity contribution is 7.03. The number of benzene rings is 2. The van der Waals surface area contributed by atoms with Gasteiger partial charge in [0.2, 0.25) is 5.76 Å². The van der Waals surface area contributed by atoms with Gasteiger partial charge in [0, 0.05) is 21.5 Å². The first-order valence-electron chi connectivity index (χ1n) is 7.78. The van der Waals surface area contributed by atoms with Crippen molar-refractivity contribution in [2.45, 2.75) is 0 Å². The Labute approximate surface area is 162 Å². The van der Waals surface area contributed by atoms with Crippen LogP contribution in [0.1, 0.15) is 21.0 Å². The Morgan fingerprint density at radius 2 is 1.78 bits per heavy atom. The summed E-state index contributed by atoms with van der Waals surface area (Å²) >= 11 is 6.92. The molecular weight excluding hydrogens is 388 g/mol. The van der Waals surface area contributed by atoms with E-state index in [0.29, 0.717) is 21.7 Å². The molecule has 2 N–H and O–H groups in total. The van der Waals surface area contributed by atoms with Crippen LogP contribution >= 0.6 is 23.1 Å².